The second kappa shape index (κ2) is 6.38. The molecule has 8 heteroatoms. The Hall–Kier alpha value is -1.08. The van der Waals surface area contributed by atoms with Crippen molar-refractivity contribution in [3.05, 3.63) is 11.4 Å². The van der Waals surface area contributed by atoms with Crippen LogP contribution in [0, 0.1) is 6.92 Å². The van der Waals surface area contributed by atoms with Crippen LogP contribution in [-0.2, 0) is 9.05 Å². The first-order valence-corrected chi connectivity index (χ1v) is 8.42. The normalized spacial score (nSPS) is 13.3. The lowest BCUT2D eigenvalue weighted by atomic mass is 10.1. The van der Waals surface area contributed by atoms with Gasteiger partial charge in [-0.05, 0) is 19.8 Å². The number of halogens is 1. The molecule has 108 valence electrons. The van der Waals surface area contributed by atoms with Gasteiger partial charge in [0.15, 0.2) is 5.69 Å². The zero-order chi connectivity index (χ0) is 14.6. The predicted molar refractivity (Wildman–Crippen MR) is 72.8 cm³/mol. The maximum absolute atomic E-state index is 12.1. The number of aryl methyl sites for hydroxylation is 1. The number of aromatic amines is 1. The number of hydrogen-bond donors (Lipinski definition) is 2. The van der Waals surface area contributed by atoms with Crippen molar-refractivity contribution in [1.29, 1.82) is 0 Å². The van der Waals surface area contributed by atoms with Crippen LogP contribution in [0.1, 0.15) is 49.3 Å². The molecule has 0 saturated heterocycles. The maximum Gasteiger partial charge on any atom is 0.273 e. The summed E-state index contributed by atoms with van der Waals surface area (Å²) in [4.78, 5) is 11.8. The Balaban J connectivity index is 3.01. The summed E-state index contributed by atoms with van der Waals surface area (Å²) >= 11 is 0. The van der Waals surface area contributed by atoms with E-state index < -0.39 is 15.0 Å². The molecule has 1 heterocycles. The highest BCUT2D eigenvalue weighted by molar-refractivity contribution is 8.13. The van der Waals surface area contributed by atoms with Gasteiger partial charge in [-0.3, -0.25) is 9.89 Å². The fourth-order valence-electron chi connectivity index (χ4n) is 1.85. The minimum absolute atomic E-state index is 0.000357. The second-order valence-electron chi connectivity index (χ2n) is 4.33. The number of carbonyl (C=O) groups is 1. The largest absolute Gasteiger partial charge is 0.348 e. The first-order valence-electron chi connectivity index (χ1n) is 6.11. The first kappa shape index (κ1) is 16.0. The van der Waals surface area contributed by atoms with E-state index in [9.17, 15) is 13.2 Å². The molecule has 0 aliphatic carbocycles. The molecule has 0 saturated carbocycles. The third kappa shape index (κ3) is 3.94. The number of nitrogens with one attached hydrogen (secondary N) is 2. The highest BCUT2D eigenvalue weighted by Crippen LogP contribution is 2.22. The Morgan fingerprint density at radius 2 is 2.11 bits per heavy atom. The summed E-state index contributed by atoms with van der Waals surface area (Å²) < 4.78 is 22.9. The summed E-state index contributed by atoms with van der Waals surface area (Å²) in [5.74, 6) is -0.524. The van der Waals surface area contributed by atoms with Crippen LogP contribution >= 0.6 is 10.7 Å². The minimum Gasteiger partial charge on any atom is -0.348 e. The highest BCUT2D eigenvalue weighted by Gasteiger charge is 2.27. The monoisotopic (exact) mass is 307 g/mol. The van der Waals surface area contributed by atoms with Gasteiger partial charge in [0.05, 0.1) is 5.69 Å². The zero-order valence-electron chi connectivity index (χ0n) is 11.2. The Morgan fingerprint density at radius 3 is 2.58 bits per heavy atom. The molecule has 0 aliphatic rings. The Kier molecular flexibility index (Phi) is 5.37. The van der Waals surface area contributed by atoms with Gasteiger partial charge in [-0.1, -0.05) is 20.3 Å². The smallest absolute Gasteiger partial charge is 0.273 e. The zero-order valence-corrected chi connectivity index (χ0v) is 12.7. The summed E-state index contributed by atoms with van der Waals surface area (Å²) in [5, 5.41) is 8.97. The fourth-order valence-corrected chi connectivity index (χ4v) is 3.20. The molecule has 1 atom stereocenters. The molecule has 0 fully saturated rings. The topological polar surface area (TPSA) is 91.9 Å². The third-order valence-corrected chi connectivity index (χ3v) is 4.27. The van der Waals surface area contributed by atoms with Crippen LogP contribution in [-0.4, -0.2) is 30.6 Å². The number of nitrogens with zero attached hydrogens (tertiary/aromatic N) is 1. The molecule has 0 aliphatic heterocycles. The van der Waals surface area contributed by atoms with E-state index in [1.165, 1.54) is 6.92 Å². The van der Waals surface area contributed by atoms with Crippen LogP contribution < -0.4 is 5.32 Å². The third-order valence-electron chi connectivity index (χ3n) is 2.82. The van der Waals surface area contributed by atoms with Crippen LogP contribution in [0.5, 0.6) is 0 Å². The van der Waals surface area contributed by atoms with Crippen LogP contribution in [0.3, 0.4) is 0 Å². The number of H-pyrrole nitrogens is 1. The van der Waals surface area contributed by atoms with Crippen LogP contribution in [0.25, 0.3) is 0 Å². The van der Waals surface area contributed by atoms with Gasteiger partial charge in [0.2, 0.25) is 0 Å². The molecule has 2 N–H and O–H groups in total. The van der Waals surface area contributed by atoms with Crippen LogP contribution in [0.2, 0.25) is 0 Å². The molecule has 0 bridgehead atoms. The molecule has 1 aromatic rings. The van der Waals surface area contributed by atoms with Gasteiger partial charge < -0.3 is 5.32 Å². The number of carbonyl (C=O) groups excluding carboxylic acids is 1. The summed E-state index contributed by atoms with van der Waals surface area (Å²) in [7, 11) is 1.32. The van der Waals surface area contributed by atoms with E-state index >= 15 is 0 Å². The van der Waals surface area contributed by atoms with Crippen LogP contribution in [0.4, 0.5) is 0 Å². The van der Waals surface area contributed by atoms with Crippen molar-refractivity contribution in [3.8, 4) is 0 Å². The van der Waals surface area contributed by atoms with Crippen molar-refractivity contribution < 1.29 is 13.2 Å². The maximum atomic E-state index is 12.1. The van der Waals surface area contributed by atoms with Gasteiger partial charge in [-0.2, -0.15) is 5.10 Å². The van der Waals surface area contributed by atoms with Gasteiger partial charge in [0.1, 0.15) is 4.90 Å². The average molecular weight is 308 g/mol. The molecule has 1 rings (SSSR count). The second-order valence-corrected chi connectivity index (χ2v) is 6.83. The van der Waals surface area contributed by atoms with E-state index in [1.54, 1.807) is 0 Å². The number of rotatable bonds is 6. The molecule has 0 radical (unpaired) electrons. The lowest BCUT2D eigenvalue weighted by Crippen LogP contribution is -2.35. The molecular weight excluding hydrogens is 290 g/mol. The predicted octanol–water partition coefficient (Wildman–Crippen LogP) is 1.95. The van der Waals surface area contributed by atoms with Crippen molar-refractivity contribution in [1.82, 2.24) is 15.5 Å². The lowest BCUT2D eigenvalue weighted by molar-refractivity contribution is 0.0925. The fraction of sp³-hybridized carbons (Fsp3) is 0.636. The first-order chi connectivity index (χ1) is 8.81. The number of amides is 1. The quantitative estimate of drug-likeness (QED) is 0.786. The highest BCUT2D eigenvalue weighted by atomic mass is 35.7. The molecule has 1 amide bonds. The molecule has 19 heavy (non-hydrogen) atoms. The van der Waals surface area contributed by atoms with Gasteiger partial charge in [0, 0.05) is 16.7 Å². The van der Waals surface area contributed by atoms with Crippen molar-refractivity contribution in [2.24, 2.45) is 0 Å². The average Bonchev–Trinajstić information content (AvgIpc) is 2.70. The standard InChI is InChI=1S/C11H18ClN3O3S/c1-4-6-8(5-2)13-11(16)9-10(19(12,17)18)7(3)14-15-9/h8H,4-6H2,1-3H3,(H,13,16)(H,14,15). The van der Waals surface area contributed by atoms with E-state index in [2.05, 4.69) is 15.5 Å². The van der Waals surface area contributed by atoms with E-state index in [4.69, 9.17) is 10.7 Å². The van der Waals surface area contributed by atoms with E-state index in [0.29, 0.717) is 0 Å². The summed E-state index contributed by atoms with van der Waals surface area (Å²) in [6, 6.07) is 0.000357. The molecule has 0 spiro atoms. The van der Waals surface area contributed by atoms with Crippen molar-refractivity contribution >= 4 is 25.6 Å². The SMILES string of the molecule is CCCC(CC)NC(=O)c1n[nH]c(C)c1S(=O)(=O)Cl. The van der Waals surface area contributed by atoms with E-state index in [0.717, 1.165) is 19.3 Å². The van der Waals surface area contributed by atoms with E-state index in [1.807, 2.05) is 13.8 Å². The number of hydrogen-bond acceptors (Lipinski definition) is 4. The summed E-state index contributed by atoms with van der Waals surface area (Å²) in [6.45, 7) is 5.47. The molecule has 6 nitrogen and oxygen atoms in total. The lowest BCUT2D eigenvalue weighted by Gasteiger charge is -2.15. The van der Waals surface area contributed by atoms with Crippen LogP contribution in [0.15, 0.2) is 4.90 Å². The Labute approximate surface area is 117 Å². The van der Waals surface area contributed by atoms with Gasteiger partial charge in [0.25, 0.3) is 15.0 Å². The molecule has 1 aromatic heterocycles. The summed E-state index contributed by atoms with van der Waals surface area (Å²) in [5.41, 5.74) is 0.0748. The van der Waals surface area contributed by atoms with Gasteiger partial charge in [-0.15, -0.1) is 0 Å². The van der Waals surface area contributed by atoms with Gasteiger partial charge in [-0.25, -0.2) is 8.42 Å². The molecular formula is C11H18ClN3O3S. The van der Waals surface area contributed by atoms with Crippen molar-refractivity contribution in [3.63, 3.8) is 0 Å². The van der Waals surface area contributed by atoms with E-state index in [-0.39, 0.29) is 22.3 Å². The number of aromatic nitrogens is 2. The Bertz CT molecular complexity index is 554. The van der Waals surface area contributed by atoms with Crippen molar-refractivity contribution in [2.45, 2.75) is 51.0 Å². The van der Waals surface area contributed by atoms with Crippen molar-refractivity contribution in [2.75, 3.05) is 0 Å². The molecule has 0 aromatic carbocycles. The Morgan fingerprint density at radius 1 is 1.47 bits per heavy atom. The van der Waals surface area contributed by atoms with Gasteiger partial charge >= 0.3 is 0 Å². The molecule has 1 unspecified atom stereocenters. The minimum atomic E-state index is -4.00. The summed E-state index contributed by atoms with van der Waals surface area (Å²) in [6.07, 6.45) is 2.53.